The lowest BCUT2D eigenvalue weighted by Gasteiger charge is -2.19. The average molecular weight is 284 g/mol. The molecule has 1 aromatic rings. The predicted octanol–water partition coefficient (Wildman–Crippen LogP) is 2.83. The first-order valence-corrected chi connectivity index (χ1v) is 7.28. The van der Waals surface area contributed by atoms with Crippen molar-refractivity contribution in [1.82, 2.24) is 5.32 Å². The molecule has 1 heterocycles. The number of ether oxygens (including phenoxy) is 2. The molecule has 4 heteroatoms. The Bertz CT molecular complexity index is 423. The third-order valence-electron chi connectivity index (χ3n) is 3.45. The molecular formula is C15H22ClNO2. The highest BCUT2D eigenvalue weighted by atomic mass is 35.5. The lowest BCUT2D eigenvalue weighted by atomic mass is 10.00. The van der Waals surface area contributed by atoms with Gasteiger partial charge in [0.05, 0.1) is 6.61 Å². The van der Waals surface area contributed by atoms with Crippen LogP contribution in [-0.4, -0.2) is 32.9 Å². The van der Waals surface area contributed by atoms with E-state index in [4.69, 9.17) is 21.1 Å². The molecule has 106 valence electrons. The fraction of sp³-hybridized carbons (Fsp3) is 0.600. The summed E-state index contributed by atoms with van der Waals surface area (Å²) in [4.78, 5) is 0. The van der Waals surface area contributed by atoms with Crippen molar-refractivity contribution in [3.05, 3.63) is 28.3 Å². The van der Waals surface area contributed by atoms with Gasteiger partial charge >= 0.3 is 0 Å². The summed E-state index contributed by atoms with van der Waals surface area (Å²) in [5, 5.41) is 4.30. The van der Waals surface area contributed by atoms with Crippen LogP contribution in [0.25, 0.3) is 0 Å². The van der Waals surface area contributed by atoms with Gasteiger partial charge in [0, 0.05) is 31.2 Å². The van der Waals surface area contributed by atoms with Crippen molar-refractivity contribution in [3.63, 3.8) is 0 Å². The van der Waals surface area contributed by atoms with Crippen LogP contribution in [0.15, 0.2) is 12.1 Å². The standard InChI is InChI=1S/C15H22ClNO2/c1-3-17-14(5-6-18-2)10-12-9-13(16)8-11-4-7-19-15(11)12/h8-9,14,17H,3-7,10H2,1-2H3. The van der Waals surface area contributed by atoms with Gasteiger partial charge in [-0.3, -0.25) is 0 Å². The van der Waals surface area contributed by atoms with Crippen molar-refractivity contribution in [2.45, 2.75) is 32.2 Å². The second kappa shape index (κ2) is 7.13. The quantitative estimate of drug-likeness (QED) is 0.835. The largest absolute Gasteiger partial charge is 0.493 e. The summed E-state index contributed by atoms with van der Waals surface area (Å²) in [6.07, 6.45) is 2.89. The van der Waals surface area contributed by atoms with Gasteiger partial charge in [0.15, 0.2) is 0 Å². The van der Waals surface area contributed by atoms with Crippen LogP contribution in [0.5, 0.6) is 5.75 Å². The Balaban J connectivity index is 2.12. The summed E-state index contributed by atoms with van der Waals surface area (Å²) < 4.78 is 10.9. The average Bonchev–Trinajstić information content (AvgIpc) is 2.84. The molecule has 1 atom stereocenters. The Hall–Kier alpha value is -0.770. The minimum atomic E-state index is 0.400. The molecule has 0 aliphatic carbocycles. The molecule has 1 aromatic carbocycles. The molecule has 0 amide bonds. The Morgan fingerprint density at radius 3 is 3.05 bits per heavy atom. The third-order valence-corrected chi connectivity index (χ3v) is 3.67. The van der Waals surface area contributed by atoms with E-state index in [-0.39, 0.29) is 0 Å². The molecule has 3 nitrogen and oxygen atoms in total. The van der Waals surface area contributed by atoms with Crippen molar-refractivity contribution in [3.8, 4) is 5.75 Å². The van der Waals surface area contributed by atoms with Gasteiger partial charge in [0.2, 0.25) is 0 Å². The Morgan fingerprint density at radius 2 is 2.32 bits per heavy atom. The maximum absolute atomic E-state index is 6.19. The molecule has 0 radical (unpaired) electrons. The van der Waals surface area contributed by atoms with E-state index in [0.717, 1.165) is 49.8 Å². The second-order valence-corrected chi connectivity index (χ2v) is 5.33. The Kier molecular flexibility index (Phi) is 5.49. The molecule has 0 aromatic heterocycles. The number of methoxy groups -OCH3 is 1. The van der Waals surface area contributed by atoms with Gasteiger partial charge in [-0.2, -0.15) is 0 Å². The predicted molar refractivity (Wildman–Crippen MR) is 78.3 cm³/mol. The molecule has 2 rings (SSSR count). The van der Waals surface area contributed by atoms with Gasteiger partial charge in [0.1, 0.15) is 5.75 Å². The summed E-state index contributed by atoms with van der Waals surface area (Å²) >= 11 is 6.19. The maximum atomic E-state index is 6.19. The molecular weight excluding hydrogens is 262 g/mol. The van der Waals surface area contributed by atoms with Gasteiger partial charge in [0.25, 0.3) is 0 Å². The van der Waals surface area contributed by atoms with Gasteiger partial charge in [-0.15, -0.1) is 0 Å². The van der Waals surface area contributed by atoms with Crippen LogP contribution < -0.4 is 10.1 Å². The molecule has 0 saturated carbocycles. The SMILES string of the molecule is CCNC(CCOC)Cc1cc(Cl)cc2c1OCC2. The summed E-state index contributed by atoms with van der Waals surface area (Å²) in [5.74, 6) is 1.05. The number of nitrogens with one attached hydrogen (secondary N) is 1. The van der Waals surface area contributed by atoms with Crippen molar-refractivity contribution in [2.24, 2.45) is 0 Å². The minimum Gasteiger partial charge on any atom is -0.493 e. The lowest BCUT2D eigenvalue weighted by Crippen LogP contribution is -2.32. The molecule has 0 saturated heterocycles. The third kappa shape index (κ3) is 3.85. The van der Waals surface area contributed by atoms with E-state index in [1.54, 1.807) is 7.11 Å². The zero-order valence-electron chi connectivity index (χ0n) is 11.7. The number of rotatable bonds is 7. The number of benzene rings is 1. The smallest absolute Gasteiger partial charge is 0.125 e. The molecule has 1 aliphatic rings. The first kappa shape index (κ1) is 14.6. The lowest BCUT2D eigenvalue weighted by molar-refractivity contribution is 0.182. The second-order valence-electron chi connectivity index (χ2n) is 4.89. The molecule has 0 bridgehead atoms. The number of likely N-dealkylation sites (N-methyl/N-ethyl adjacent to an activating group) is 1. The Labute approximate surface area is 120 Å². The highest BCUT2D eigenvalue weighted by Gasteiger charge is 2.19. The van der Waals surface area contributed by atoms with Crippen LogP contribution in [0.2, 0.25) is 5.02 Å². The van der Waals surface area contributed by atoms with E-state index in [1.807, 2.05) is 12.1 Å². The molecule has 1 N–H and O–H groups in total. The summed E-state index contributed by atoms with van der Waals surface area (Å²) in [6, 6.07) is 4.45. The van der Waals surface area contributed by atoms with E-state index >= 15 is 0 Å². The van der Waals surface area contributed by atoms with Crippen molar-refractivity contribution < 1.29 is 9.47 Å². The monoisotopic (exact) mass is 283 g/mol. The zero-order valence-corrected chi connectivity index (χ0v) is 12.4. The van der Waals surface area contributed by atoms with E-state index in [2.05, 4.69) is 12.2 Å². The van der Waals surface area contributed by atoms with Gasteiger partial charge < -0.3 is 14.8 Å². The summed E-state index contributed by atoms with van der Waals surface area (Å²) in [6.45, 7) is 4.62. The van der Waals surface area contributed by atoms with Gasteiger partial charge in [-0.1, -0.05) is 18.5 Å². The summed E-state index contributed by atoms with van der Waals surface area (Å²) in [7, 11) is 1.74. The number of halogens is 1. The van der Waals surface area contributed by atoms with E-state index in [1.165, 1.54) is 11.1 Å². The van der Waals surface area contributed by atoms with Crippen LogP contribution in [0.3, 0.4) is 0 Å². The van der Waals surface area contributed by atoms with Crippen LogP contribution in [0.4, 0.5) is 0 Å². The van der Waals surface area contributed by atoms with Crippen LogP contribution in [0.1, 0.15) is 24.5 Å². The molecule has 19 heavy (non-hydrogen) atoms. The normalized spacial score (nSPS) is 15.1. The number of hydrogen-bond donors (Lipinski definition) is 1. The minimum absolute atomic E-state index is 0.400. The van der Waals surface area contributed by atoms with Crippen molar-refractivity contribution in [1.29, 1.82) is 0 Å². The first-order valence-electron chi connectivity index (χ1n) is 6.91. The molecule has 1 unspecified atom stereocenters. The zero-order chi connectivity index (χ0) is 13.7. The number of fused-ring (bicyclic) bond motifs is 1. The Morgan fingerprint density at radius 1 is 1.47 bits per heavy atom. The van der Waals surface area contributed by atoms with Crippen LogP contribution in [0, 0.1) is 0 Å². The fourth-order valence-corrected chi connectivity index (χ4v) is 2.85. The molecule has 0 spiro atoms. The van der Waals surface area contributed by atoms with Crippen molar-refractivity contribution >= 4 is 11.6 Å². The molecule has 1 aliphatic heterocycles. The number of hydrogen-bond acceptors (Lipinski definition) is 3. The van der Waals surface area contributed by atoms with Crippen LogP contribution in [-0.2, 0) is 17.6 Å². The topological polar surface area (TPSA) is 30.5 Å². The van der Waals surface area contributed by atoms with E-state index in [0.29, 0.717) is 6.04 Å². The van der Waals surface area contributed by atoms with E-state index in [9.17, 15) is 0 Å². The highest BCUT2D eigenvalue weighted by molar-refractivity contribution is 6.30. The van der Waals surface area contributed by atoms with Crippen LogP contribution >= 0.6 is 11.6 Å². The highest BCUT2D eigenvalue weighted by Crippen LogP contribution is 2.33. The molecule has 0 fully saturated rings. The maximum Gasteiger partial charge on any atom is 0.125 e. The first-order chi connectivity index (χ1) is 9.24. The van der Waals surface area contributed by atoms with E-state index < -0.39 is 0 Å². The van der Waals surface area contributed by atoms with Gasteiger partial charge in [-0.25, -0.2) is 0 Å². The fourth-order valence-electron chi connectivity index (χ4n) is 2.59. The van der Waals surface area contributed by atoms with Gasteiger partial charge in [-0.05, 0) is 42.6 Å². The summed E-state index contributed by atoms with van der Waals surface area (Å²) in [5.41, 5.74) is 2.45. The van der Waals surface area contributed by atoms with Crippen molar-refractivity contribution in [2.75, 3.05) is 26.9 Å².